The number of hydrogen-bond donors (Lipinski definition) is 1. The lowest BCUT2D eigenvalue weighted by Gasteiger charge is -2.07. The molecule has 1 aliphatic rings. The third-order valence-corrected chi connectivity index (χ3v) is 4.70. The zero-order chi connectivity index (χ0) is 13.4. The molecule has 0 radical (unpaired) electrons. The van der Waals surface area contributed by atoms with E-state index in [0.29, 0.717) is 0 Å². The van der Waals surface area contributed by atoms with Crippen LogP contribution in [-0.4, -0.2) is 9.97 Å². The summed E-state index contributed by atoms with van der Waals surface area (Å²) < 4.78 is 0. The minimum absolute atomic E-state index is 0.0603. The number of hydrogen-bond acceptors (Lipinski definition) is 3. The van der Waals surface area contributed by atoms with Crippen molar-refractivity contribution in [3.05, 3.63) is 37.4 Å². The van der Waals surface area contributed by atoms with Crippen LogP contribution in [0.5, 0.6) is 0 Å². The summed E-state index contributed by atoms with van der Waals surface area (Å²) in [5, 5.41) is 0. The predicted molar refractivity (Wildman–Crippen MR) is 78.9 cm³/mol. The smallest absolute Gasteiger partial charge is 0.254 e. The van der Waals surface area contributed by atoms with Crippen molar-refractivity contribution in [3.63, 3.8) is 0 Å². The maximum Gasteiger partial charge on any atom is 0.254 e. The van der Waals surface area contributed by atoms with Crippen LogP contribution in [0.25, 0.3) is 11.4 Å². The maximum absolute atomic E-state index is 12.2. The molecule has 3 rings (SSSR count). The summed E-state index contributed by atoms with van der Waals surface area (Å²) in [6, 6.07) is 2.11. The standard InChI is InChI=1S/C15H18N2OS/c1-9-8-12(10(2)19-9)14-16-13-7-5-3-4-6-11(13)15(18)17-14/h8H,3-7H2,1-2H3,(H,16,17,18). The molecule has 0 bridgehead atoms. The Balaban J connectivity index is 2.14. The van der Waals surface area contributed by atoms with E-state index in [1.54, 1.807) is 11.3 Å². The Morgan fingerprint density at radius 1 is 1.21 bits per heavy atom. The summed E-state index contributed by atoms with van der Waals surface area (Å²) in [4.78, 5) is 22.4. The van der Waals surface area contributed by atoms with Gasteiger partial charge in [-0.15, -0.1) is 11.3 Å². The van der Waals surface area contributed by atoms with Crippen LogP contribution in [0, 0.1) is 13.8 Å². The molecule has 0 fully saturated rings. The van der Waals surface area contributed by atoms with Crippen LogP contribution in [0.2, 0.25) is 0 Å². The molecule has 19 heavy (non-hydrogen) atoms. The molecule has 2 heterocycles. The van der Waals surface area contributed by atoms with Gasteiger partial charge in [0.1, 0.15) is 5.82 Å². The second kappa shape index (κ2) is 4.93. The lowest BCUT2D eigenvalue weighted by molar-refractivity contribution is 0.708. The van der Waals surface area contributed by atoms with E-state index in [1.165, 1.54) is 16.2 Å². The molecule has 0 atom stereocenters. The molecule has 4 heteroatoms. The Kier molecular flexibility index (Phi) is 3.27. The second-order valence-corrected chi connectivity index (χ2v) is 6.69. The fourth-order valence-electron chi connectivity index (χ4n) is 2.77. The molecule has 0 saturated carbocycles. The normalized spacial score (nSPS) is 15.1. The molecular formula is C15H18N2OS. The van der Waals surface area contributed by atoms with Gasteiger partial charge in [0.25, 0.3) is 5.56 Å². The molecule has 2 aromatic rings. The number of fused-ring (bicyclic) bond motifs is 1. The summed E-state index contributed by atoms with van der Waals surface area (Å²) in [5.41, 5.74) is 3.06. The Bertz CT molecular complexity index is 669. The van der Waals surface area contributed by atoms with Gasteiger partial charge in [-0.1, -0.05) is 6.42 Å². The summed E-state index contributed by atoms with van der Waals surface area (Å²) >= 11 is 1.75. The predicted octanol–water partition coefficient (Wildman–Crippen LogP) is 3.38. The van der Waals surface area contributed by atoms with Gasteiger partial charge in [0.2, 0.25) is 0 Å². The highest BCUT2D eigenvalue weighted by atomic mass is 32.1. The largest absolute Gasteiger partial charge is 0.306 e. The maximum atomic E-state index is 12.2. The van der Waals surface area contributed by atoms with E-state index in [4.69, 9.17) is 4.98 Å². The molecule has 0 aromatic carbocycles. The number of nitrogens with zero attached hydrogens (tertiary/aromatic N) is 1. The van der Waals surface area contributed by atoms with Crippen molar-refractivity contribution in [2.24, 2.45) is 0 Å². The van der Waals surface area contributed by atoms with Gasteiger partial charge < -0.3 is 4.98 Å². The van der Waals surface area contributed by atoms with Crippen LogP contribution in [0.1, 0.15) is 40.3 Å². The van der Waals surface area contributed by atoms with E-state index in [1.807, 2.05) is 0 Å². The SMILES string of the molecule is Cc1cc(-c2nc3c(c(=O)[nH]2)CCCCC3)c(C)s1. The van der Waals surface area contributed by atoms with E-state index in [2.05, 4.69) is 24.9 Å². The van der Waals surface area contributed by atoms with E-state index in [0.717, 1.165) is 48.3 Å². The van der Waals surface area contributed by atoms with Crippen molar-refractivity contribution in [3.8, 4) is 11.4 Å². The molecule has 0 unspecified atom stereocenters. The number of aromatic amines is 1. The van der Waals surface area contributed by atoms with Crippen LogP contribution in [0.15, 0.2) is 10.9 Å². The highest BCUT2D eigenvalue weighted by molar-refractivity contribution is 7.12. The molecule has 1 N–H and O–H groups in total. The van der Waals surface area contributed by atoms with E-state index < -0.39 is 0 Å². The topological polar surface area (TPSA) is 45.8 Å². The molecule has 2 aromatic heterocycles. The number of rotatable bonds is 1. The van der Waals surface area contributed by atoms with Gasteiger partial charge in [-0.25, -0.2) is 4.98 Å². The highest BCUT2D eigenvalue weighted by Crippen LogP contribution is 2.28. The van der Waals surface area contributed by atoms with Gasteiger partial charge in [-0.05, 0) is 45.6 Å². The number of H-pyrrole nitrogens is 1. The molecule has 3 nitrogen and oxygen atoms in total. The lowest BCUT2D eigenvalue weighted by Crippen LogP contribution is -2.18. The van der Waals surface area contributed by atoms with Crippen molar-refractivity contribution < 1.29 is 0 Å². The molecular weight excluding hydrogens is 256 g/mol. The Morgan fingerprint density at radius 3 is 2.74 bits per heavy atom. The molecule has 1 aliphatic carbocycles. The number of nitrogens with one attached hydrogen (secondary N) is 1. The Morgan fingerprint density at radius 2 is 2.00 bits per heavy atom. The van der Waals surface area contributed by atoms with Crippen molar-refractivity contribution in [2.45, 2.75) is 46.0 Å². The van der Waals surface area contributed by atoms with E-state index in [-0.39, 0.29) is 5.56 Å². The first kappa shape index (κ1) is 12.6. The molecule has 0 amide bonds. The van der Waals surface area contributed by atoms with Gasteiger partial charge >= 0.3 is 0 Å². The van der Waals surface area contributed by atoms with Gasteiger partial charge in [0, 0.05) is 20.9 Å². The zero-order valence-electron chi connectivity index (χ0n) is 11.4. The van der Waals surface area contributed by atoms with E-state index >= 15 is 0 Å². The van der Waals surface area contributed by atoms with Crippen LogP contribution in [-0.2, 0) is 12.8 Å². The van der Waals surface area contributed by atoms with Crippen molar-refractivity contribution >= 4 is 11.3 Å². The van der Waals surface area contributed by atoms with Crippen molar-refractivity contribution in [1.82, 2.24) is 9.97 Å². The molecule has 0 saturated heterocycles. The fraction of sp³-hybridized carbons (Fsp3) is 0.467. The van der Waals surface area contributed by atoms with Crippen LogP contribution >= 0.6 is 11.3 Å². The summed E-state index contributed by atoms with van der Waals surface area (Å²) in [6.45, 7) is 4.17. The minimum Gasteiger partial charge on any atom is -0.306 e. The highest BCUT2D eigenvalue weighted by Gasteiger charge is 2.16. The number of aromatic nitrogens is 2. The first-order valence-electron chi connectivity index (χ1n) is 6.84. The number of thiophene rings is 1. The van der Waals surface area contributed by atoms with E-state index in [9.17, 15) is 4.79 Å². The summed E-state index contributed by atoms with van der Waals surface area (Å²) in [5.74, 6) is 0.743. The monoisotopic (exact) mass is 274 g/mol. The number of aryl methyl sites for hydroxylation is 3. The Hall–Kier alpha value is -1.42. The molecule has 0 spiro atoms. The first-order valence-corrected chi connectivity index (χ1v) is 7.66. The molecule has 0 aliphatic heterocycles. The third kappa shape index (κ3) is 2.37. The van der Waals surface area contributed by atoms with Crippen LogP contribution < -0.4 is 5.56 Å². The van der Waals surface area contributed by atoms with Crippen LogP contribution in [0.4, 0.5) is 0 Å². The van der Waals surface area contributed by atoms with Crippen molar-refractivity contribution in [1.29, 1.82) is 0 Å². The lowest BCUT2D eigenvalue weighted by atomic mass is 10.1. The van der Waals surface area contributed by atoms with Crippen LogP contribution in [0.3, 0.4) is 0 Å². The average Bonchev–Trinajstić information content (AvgIpc) is 2.59. The Labute approximate surface area is 116 Å². The zero-order valence-corrected chi connectivity index (χ0v) is 12.2. The third-order valence-electron chi connectivity index (χ3n) is 3.74. The minimum atomic E-state index is 0.0603. The average molecular weight is 274 g/mol. The second-order valence-electron chi connectivity index (χ2n) is 5.23. The molecule has 100 valence electrons. The van der Waals surface area contributed by atoms with Gasteiger partial charge in [0.15, 0.2) is 0 Å². The summed E-state index contributed by atoms with van der Waals surface area (Å²) in [7, 11) is 0. The quantitative estimate of drug-likeness (QED) is 0.810. The first-order chi connectivity index (χ1) is 9.15. The summed E-state index contributed by atoms with van der Waals surface area (Å²) in [6.07, 6.45) is 5.26. The van der Waals surface area contributed by atoms with Gasteiger partial charge in [-0.2, -0.15) is 0 Å². The fourth-order valence-corrected chi connectivity index (χ4v) is 3.70. The van der Waals surface area contributed by atoms with Gasteiger partial charge in [-0.3, -0.25) is 4.79 Å². The van der Waals surface area contributed by atoms with Crippen molar-refractivity contribution in [2.75, 3.05) is 0 Å². The van der Waals surface area contributed by atoms with Gasteiger partial charge in [0.05, 0.1) is 5.69 Å².